The number of hydrogen-bond acceptors (Lipinski definition) is 7. The van der Waals surface area contributed by atoms with E-state index in [2.05, 4.69) is 34.1 Å². The van der Waals surface area contributed by atoms with E-state index in [1.54, 1.807) is 29.1 Å². The summed E-state index contributed by atoms with van der Waals surface area (Å²) in [6.45, 7) is 5.97. The Morgan fingerprint density at radius 2 is 2.14 bits per heavy atom. The van der Waals surface area contributed by atoms with Crippen molar-refractivity contribution in [2.24, 2.45) is 0 Å². The van der Waals surface area contributed by atoms with Crippen LogP contribution in [0.15, 0.2) is 35.2 Å². The molecule has 3 N–H and O–H groups in total. The maximum absolute atomic E-state index is 13.0. The molecule has 10 nitrogen and oxygen atoms in total. The lowest BCUT2D eigenvalue weighted by atomic mass is 10.1. The topological polar surface area (TPSA) is 127 Å². The molecule has 0 unspecified atom stereocenters. The zero-order valence-electron chi connectivity index (χ0n) is 15.3. The maximum Gasteiger partial charge on any atom is 0.278 e. The van der Waals surface area contributed by atoms with Gasteiger partial charge in [-0.25, -0.2) is 14.6 Å². The molecule has 144 valence electrons. The summed E-state index contributed by atoms with van der Waals surface area (Å²) in [4.78, 5) is 21.5. The largest absolute Gasteiger partial charge is 0.463 e. The number of aromatic nitrogens is 6. The molecular weight excluding hydrogens is 475 g/mol. The number of H-pyrrole nitrogens is 1. The van der Waals surface area contributed by atoms with Crippen molar-refractivity contribution in [1.82, 2.24) is 29.9 Å². The number of anilines is 2. The van der Waals surface area contributed by atoms with Crippen LogP contribution < -0.4 is 8.85 Å². The number of carbonyl (C=O) groups is 1. The Balaban J connectivity index is 1.73. The Hall–Kier alpha value is -2.96. The Kier molecular flexibility index (Phi) is 4.53. The van der Waals surface area contributed by atoms with Crippen LogP contribution in [0.1, 0.15) is 31.3 Å². The Morgan fingerprint density at radius 3 is 2.82 bits per heavy atom. The summed E-state index contributed by atoms with van der Waals surface area (Å²) >= 11 is 1.97. The van der Waals surface area contributed by atoms with Crippen molar-refractivity contribution < 1.29 is 9.21 Å². The first-order chi connectivity index (χ1) is 13.4. The number of aromatic amines is 1. The molecule has 0 bridgehead atoms. The highest BCUT2D eigenvalue weighted by atomic mass is 127. The molecule has 4 aromatic rings. The monoisotopic (exact) mass is 492 g/mol. The van der Waals surface area contributed by atoms with Crippen LogP contribution >= 0.6 is 22.9 Å². The number of nitrogens with zero attached hydrogens (tertiary/aromatic N) is 5. The molecule has 0 aliphatic rings. The molecule has 0 aliphatic carbocycles. The maximum atomic E-state index is 13.0. The van der Waals surface area contributed by atoms with Gasteiger partial charge in [-0.3, -0.25) is 9.89 Å². The third-order valence-electron chi connectivity index (χ3n) is 4.01. The first kappa shape index (κ1) is 18.4. The summed E-state index contributed by atoms with van der Waals surface area (Å²) in [5, 5.41) is 14.8. The molecule has 0 saturated carbocycles. The molecule has 1 amide bonds. The number of furan rings is 1. The van der Waals surface area contributed by atoms with Gasteiger partial charge in [0, 0.05) is 6.07 Å². The highest BCUT2D eigenvalue weighted by molar-refractivity contribution is 14.1. The van der Waals surface area contributed by atoms with E-state index in [4.69, 9.17) is 4.42 Å². The summed E-state index contributed by atoms with van der Waals surface area (Å²) in [6, 6.07) is 5.26. The molecule has 4 aromatic heterocycles. The SMILES string of the molecule is CC(C)(C)n1nc(C(=O)Nc2cc(-c3ccco3)[nH]n2)c2c(NI)ncnc21. The molecular formula is C17H17IN8O2. The average Bonchev–Trinajstić information content (AvgIpc) is 3.39. The van der Waals surface area contributed by atoms with Gasteiger partial charge in [-0.15, -0.1) is 0 Å². The van der Waals surface area contributed by atoms with Crippen molar-refractivity contribution in [1.29, 1.82) is 0 Å². The standard InChI is InChI=1S/C17H17IN8O2/c1-17(2,3)26-15-12(14(22-18)19-8-20-15)13(25-26)16(27)21-11-7-9(23-24-11)10-5-4-6-28-10/h4-8H,1-3H3,(H,19,20,22)(H2,21,23,24,27). The minimum absolute atomic E-state index is 0.215. The minimum atomic E-state index is -0.409. The summed E-state index contributed by atoms with van der Waals surface area (Å²) in [6.07, 6.45) is 3.01. The van der Waals surface area contributed by atoms with Crippen molar-refractivity contribution in [3.8, 4) is 11.5 Å². The fourth-order valence-corrected chi connectivity index (χ4v) is 3.18. The van der Waals surface area contributed by atoms with E-state index in [0.717, 1.165) is 0 Å². The van der Waals surface area contributed by atoms with Crippen LogP contribution in [0.4, 0.5) is 11.6 Å². The number of nitrogens with one attached hydrogen (secondary N) is 3. The predicted octanol–water partition coefficient (Wildman–Crippen LogP) is 3.58. The zero-order valence-corrected chi connectivity index (χ0v) is 17.5. The normalized spacial score (nSPS) is 11.7. The number of amides is 1. The van der Waals surface area contributed by atoms with Gasteiger partial charge >= 0.3 is 0 Å². The van der Waals surface area contributed by atoms with Crippen molar-refractivity contribution in [2.45, 2.75) is 26.3 Å². The molecule has 0 radical (unpaired) electrons. The van der Waals surface area contributed by atoms with Gasteiger partial charge in [0.15, 0.2) is 22.9 Å². The van der Waals surface area contributed by atoms with E-state index >= 15 is 0 Å². The number of carbonyl (C=O) groups excluding carboxylic acids is 1. The number of rotatable bonds is 4. The van der Waals surface area contributed by atoms with E-state index in [1.165, 1.54) is 6.33 Å². The van der Waals surface area contributed by atoms with Crippen molar-refractivity contribution in [2.75, 3.05) is 8.85 Å². The van der Waals surface area contributed by atoms with Crippen LogP contribution in [0.25, 0.3) is 22.5 Å². The van der Waals surface area contributed by atoms with E-state index in [1.807, 2.05) is 43.6 Å². The van der Waals surface area contributed by atoms with Gasteiger partial charge in [0.05, 0.1) is 40.1 Å². The van der Waals surface area contributed by atoms with Crippen LogP contribution in [0, 0.1) is 0 Å². The summed E-state index contributed by atoms with van der Waals surface area (Å²) in [7, 11) is 0. The fraction of sp³-hybridized carbons (Fsp3) is 0.235. The lowest BCUT2D eigenvalue weighted by molar-refractivity contribution is 0.102. The number of hydrogen-bond donors (Lipinski definition) is 3. The molecule has 28 heavy (non-hydrogen) atoms. The highest BCUT2D eigenvalue weighted by Crippen LogP contribution is 2.29. The molecule has 0 aromatic carbocycles. The Bertz CT molecular complexity index is 1140. The third kappa shape index (κ3) is 3.21. The fourth-order valence-electron chi connectivity index (χ4n) is 2.77. The van der Waals surface area contributed by atoms with Gasteiger partial charge in [-0.2, -0.15) is 10.2 Å². The lowest BCUT2D eigenvalue weighted by Gasteiger charge is -2.19. The molecule has 0 atom stereocenters. The molecule has 0 saturated heterocycles. The molecule has 11 heteroatoms. The minimum Gasteiger partial charge on any atom is -0.463 e. The Labute approximate surface area is 173 Å². The van der Waals surface area contributed by atoms with Crippen molar-refractivity contribution in [3.63, 3.8) is 0 Å². The van der Waals surface area contributed by atoms with Gasteiger partial charge in [0.25, 0.3) is 5.91 Å². The second-order valence-electron chi connectivity index (χ2n) is 7.04. The van der Waals surface area contributed by atoms with Crippen LogP contribution in [-0.2, 0) is 5.54 Å². The molecule has 0 spiro atoms. The van der Waals surface area contributed by atoms with Crippen molar-refractivity contribution >= 4 is 51.4 Å². The molecule has 0 fully saturated rings. The van der Waals surface area contributed by atoms with Gasteiger partial charge in [0.2, 0.25) is 0 Å². The van der Waals surface area contributed by atoms with Crippen LogP contribution in [0.5, 0.6) is 0 Å². The highest BCUT2D eigenvalue weighted by Gasteiger charge is 2.27. The summed E-state index contributed by atoms with van der Waals surface area (Å²) in [5.74, 6) is 1.09. The van der Waals surface area contributed by atoms with Crippen LogP contribution in [0.2, 0.25) is 0 Å². The first-order valence-corrected chi connectivity index (χ1v) is 9.48. The lowest BCUT2D eigenvalue weighted by Crippen LogP contribution is -2.24. The van der Waals surface area contributed by atoms with E-state index < -0.39 is 5.91 Å². The van der Waals surface area contributed by atoms with Crippen molar-refractivity contribution in [3.05, 3.63) is 36.5 Å². The molecule has 0 aliphatic heterocycles. The summed E-state index contributed by atoms with van der Waals surface area (Å²) < 4.78 is 10.0. The Morgan fingerprint density at radius 1 is 1.32 bits per heavy atom. The number of halogens is 1. The summed E-state index contributed by atoms with van der Waals surface area (Å²) in [5.41, 5.74) is 1.08. The van der Waals surface area contributed by atoms with Crippen LogP contribution in [-0.4, -0.2) is 35.9 Å². The van der Waals surface area contributed by atoms with Gasteiger partial charge in [-0.05, 0) is 32.9 Å². The second kappa shape index (κ2) is 6.89. The van der Waals surface area contributed by atoms with Gasteiger partial charge < -0.3 is 13.3 Å². The van der Waals surface area contributed by atoms with E-state index in [9.17, 15) is 4.79 Å². The quantitative estimate of drug-likeness (QED) is 0.294. The molecule has 4 rings (SSSR count). The predicted molar refractivity (Wildman–Crippen MR) is 112 cm³/mol. The smallest absolute Gasteiger partial charge is 0.278 e. The van der Waals surface area contributed by atoms with E-state index in [-0.39, 0.29) is 11.2 Å². The number of fused-ring (bicyclic) bond motifs is 1. The van der Waals surface area contributed by atoms with Crippen LogP contribution in [0.3, 0.4) is 0 Å². The third-order valence-corrected chi connectivity index (χ3v) is 4.52. The van der Waals surface area contributed by atoms with Gasteiger partial charge in [-0.1, -0.05) is 0 Å². The van der Waals surface area contributed by atoms with E-state index in [0.29, 0.717) is 34.1 Å². The van der Waals surface area contributed by atoms with Gasteiger partial charge in [0.1, 0.15) is 17.8 Å². The average molecular weight is 492 g/mol. The first-order valence-electron chi connectivity index (χ1n) is 8.40. The molecule has 4 heterocycles. The zero-order chi connectivity index (χ0) is 19.9. The second-order valence-corrected chi connectivity index (χ2v) is 7.58.